The monoisotopic (exact) mass is 537 g/mol. The molecule has 0 saturated carbocycles. The molecule has 208 valence electrons. The van der Waals surface area contributed by atoms with Crippen molar-refractivity contribution in [3.63, 3.8) is 0 Å². The fourth-order valence-corrected chi connectivity index (χ4v) is 5.20. The maximum atomic E-state index is 13.5. The zero-order valence-electron chi connectivity index (χ0n) is 22.1. The Morgan fingerprint density at radius 3 is 2.56 bits per heavy atom. The summed E-state index contributed by atoms with van der Waals surface area (Å²) in [6, 6.07) is 15.5. The van der Waals surface area contributed by atoms with Gasteiger partial charge in [-0.25, -0.2) is 15.0 Å². The summed E-state index contributed by atoms with van der Waals surface area (Å²) in [7, 11) is 1.58. The lowest BCUT2D eigenvalue weighted by Gasteiger charge is -2.43. The second-order valence-corrected chi connectivity index (χ2v) is 9.95. The van der Waals surface area contributed by atoms with Crippen LogP contribution < -0.4 is 15.5 Å². The molecule has 0 spiro atoms. The smallest absolute Gasteiger partial charge is 0.310 e. The van der Waals surface area contributed by atoms with Crippen LogP contribution in [0.2, 0.25) is 0 Å². The molecule has 3 fully saturated rings. The van der Waals surface area contributed by atoms with Gasteiger partial charge in [0, 0.05) is 25.2 Å². The second-order valence-electron chi connectivity index (χ2n) is 9.95. The molecule has 0 radical (unpaired) electrons. The number of hydrazine groups is 2. The topological polar surface area (TPSA) is 113 Å². The number of esters is 1. The second kappa shape index (κ2) is 12.6. The number of rotatable bonds is 8. The largest absolute Gasteiger partial charge is 0.497 e. The van der Waals surface area contributed by atoms with Crippen molar-refractivity contribution in [3.8, 4) is 5.75 Å². The predicted molar refractivity (Wildman–Crippen MR) is 141 cm³/mol. The maximum absolute atomic E-state index is 13.5. The Morgan fingerprint density at radius 1 is 1.03 bits per heavy atom. The molecule has 3 aliphatic heterocycles. The summed E-state index contributed by atoms with van der Waals surface area (Å²) in [5, 5.41) is 9.08. The van der Waals surface area contributed by atoms with Gasteiger partial charge in [-0.2, -0.15) is 0 Å². The zero-order valence-corrected chi connectivity index (χ0v) is 22.1. The normalized spacial score (nSPS) is 24.3. The summed E-state index contributed by atoms with van der Waals surface area (Å²) >= 11 is 0. The quantitative estimate of drug-likeness (QED) is 0.486. The van der Waals surface area contributed by atoms with Crippen LogP contribution in [0.5, 0.6) is 5.75 Å². The van der Waals surface area contributed by atoms with Crippen molar-refractivity contribution in [2.75, 3.05) is 33.4 Å². The lowest BCUT2D eigenvalue weighted by atomic mass is 10.1. The van der Waals surface area contributed by atoms with Gasteiger partial charge in [-0.05, 0) is 49.1 Å². The Balaban J connectivity index is 1.21. The maximum Gasteiger partial charge on any atom is 0.310 e. The van der Waals surface area contributed by atoms with Gasteiger partial charge >= 0.3 is 5.97 Å². The van der Waals surface area contributed by atoms with E-state index in [1.165, 1.54) is 0 Å². The summed E-state index contributed by atoms with van der Waals surface area (Å²) < 4.78 is 16.4. The van der Waals surface area contributed by atoms with E-state index in [0.717, 1.165) is 31.5 Å². The Bertz CT molecular complexity index is 1150. The molecule has 39 heavy (non-hydrogen) atoms. The van der Waals surface area contributed by atoms with E-state index >= 15 is 0 Å². The third-order valence-corrected chi connectivity index (χ3v) is 7.24. The highest BCUT2D eigenvalue weighted by molar-refractivity contribution is 5.94. The number of methoxy groups -OCH3 is 1. The van der Waals surface area contributed by atoms with Gasteiger partial charge in [0.05, 0.1) is 26.8 Å². The third-order valence-electron chi connectivity index (χ3n) is 7.24. The van der Waals surface area contributed by atoms with E-state index in [0.29, 0.717) is 30.9 Å². The standard InChI is InChI=1S/C28H35N5O6/c1-37-22-12-10-21(11-13-22)26(35)30-31-14-6-16-32-15-5-9-24(33(32)19-31)27(36)29-23-17-25(34)39-28(23)38-18-20-7-3-2-4-8-20/h2-4,7-8,10-13,23-24,28H,5-6,9,14-19H2,1H3,(H,29,36)(H,30,35)/t23-,24-,28?/m0/s1. The van der Waals surface area contributed by atoms with Gasteiger partial charge in [0.25, 0.3) is 5.91 Å². The average molecular weight is 538 g/mol. The van der Waals surface area contributed by atoms with Gasteiger partial charge in [-0.1, -0.05) is 30.3 Å². The number of fused-ring (bicyclic) bond motifs is 1. The van der Waals surface area contributed by atoms with Crippen LogP contribution in [0, 0.1) is 0 Å². The van der Waals surface area contributed by atoms with Crippen molar-refractivity contribution >= 4 is 17.8 Å². The first-order chi connectivity index (χ1) is 19.0. The van der Waals surface area contributed by atoms with Gasteiger partial charge in [0.1, 0.15) is 17.8 Å². The number of ether oxygens (including phenoxy) is 3. The number of benzene rings is 2. The van der Waals surface area contributed by atoms with Crippen LogP contribution >= 0.6 is 0 Å². The fraction of sp³-hybridized carbons (Fsp3) is 0.464. The third kappa shape index (κ3) is 6.74. The van der Waals surface area contributed by atoms with E-state index in [4.69, 9.17) is 14.2 Å². The molecule has 2 N–H and O–H groups in total. The Morgan fingerprint density at radius 2 is 1.79 bits per heavy atom. The van der Waals surface area contributed by atoms with E-state index in [-0.39, 0.29) is 24.8 Å². The van der Waals surface area contributed by atoms with Crippen LogP contribution in [0.4, 0.5) is 0 Å². The van der Waals surface area contributed by atoms with Crippen molar-refractivity contribution in [1.82, 2.24) is 25.8 Å². The highest BCUT2D eigenvalue weighted by Gasteiger charge is 2.41. The first-order valence-corrected chi connectivity index (χ1v) is 13.4. The molecule has 3 aliphatic rings. The van der Waals surface area contributed by atoms with E-state index in [1.807, 2.05) is 40.3 Å². The number of nitrogens with one attached hydrogen (secondary N) is 2. The van der Waals surface area contributed by atoms with Crippen molar-refractivity contribution in [2.24, 2.45) is 0 Å². The molecule has 0 aliphatic carbocycles. The van der Waals surface area contributed by atoms with Crippen LogP contribution in [0.25, 0.3) is 0 Å². The molecule has 0 bridgehead atoms. The number of carbonyl (C=O) groups is 3. The summed E-state index contributed by atoms with van der Waals surface area (Å²) in [6.45, 7) is 2.93. The SMILES string of the molecule is COc1ccc(C(=O)NN2CCCN3CCC[C@@H](C(=O)N[C@H]4CC(=O)OC4OCc4ccccc4)N3C2)cc1. The van der Waals surface area contributed by atoms with Gasteiger partial charge < -0.3 is 19.5 Å². The summed E-state index contributed by atoms with van der Waals surface area (Å²) in [5.41, 5.74) is 4.47. The summed E-state index contributed by atoms with van der Waals surface area (Å²) in [4.78, 5) is 38.5. The number of hydrogen-bond donors (Lipinski definition) is 2. The van der Waals surface area contributed by atoms with Crippen LogP contribution in [-0.4, -0.2) is 84.6 Å². The van der Waals surface area contributed by atoms with E-state index in [1.54, 1.807) is 31.4 Å². The van der Waals surface area contributed by atoms with Crippen molar-refractivity contribution in [1.29, 1.82) is 0 Å². The first kappa shape index (κ1) is 27.1. The van der Waals surface area contributed by atoms with Gasteiger partial charge in [0.2, 0.25) is 12.2 Å². The molecule has 3 atom stereocenters. The van der Waals surface area contributed by atoms with Crippen molar-refractivity contribution < 1.29 is 28.6 Å². The molecule has 0 aromatic heterocycles. The molecule has 3 heterocycles. The fourth-order valence-electron chi connectivity index (χ4n) is 5.20. The lowest BCUT2D eigenvalue weighted by Crippen LogP contribution is -2.62. The minimum atomic E-state index is -0.842. The molecule has 1 unspecified atom stereocenters. The Hall–Kier alpha value is -3.51. The number of carbonyl (C=O) groups excluding carboxylic acids is 3. The van der Waals surface area contributed by atoms with Crippen LogP contribution in [0.1, 0.15) is 41.6 Å². The molecule has 5 rings (SSSR count). The number of amides is 2. The number of cyclic esters (lactones) is 1. The minimum absolute atomic E-state index is 0.0612. The van der Waals surface area contributed by atoms with Gasteiger partial charge in [-0.15, -0.1) is 0 Å². The Kier molecular flexibility index (Phi) is 8.72. The van der Waals surface area contributed by atoms with Crippen LogP contribution in [0.15, 0.2) is 54.6 Å². The summed E-state index contributed by atoms with van der Waals surface area (Å²) in [5.74, 6) is -0.115. The average Bonchev–Trinajstić information content (AvgIpc) is 3.17. The lowest BCUT2D eigenvalue weighted by molar-refractivity contribution is -0.169. The van der Waals surface area contributed by atoms with E-state index < -0.39 is 24.3 Å². The molecular weight excluding hydrogens is 502 g/mol. The summed E-state index contributed by atoms with van der Waals surface area (Å²) in [6.07, 6.45) is 1.60. The molecule has 11 heteroatoms. The molecule has 3 saturated heterocycles. The Labute approximate surface area is 227 Å². The van der Waals surface area contributed by atoms with E-state index in [9.17, 15) is 14.4 Å². The molecule has 2 aromatic rings. The molecule has 11 nitrogen and oxygen atoms in total. The van der Waals surface area contributed by atoms with Gasteiger partial charge in [-0.3, -0.25) is 19.8 Å². The number of hydrogen-bond acceptors (Lipinski definition) is 9. The van der Waals surface area contributed by atoms with Crippen molar-refractivity contribution in [2.45, 2.75) is 50.7 Å². The minimum Gasteiger partial charge on any atom is -0.497 e. The predicted octanol–water partition coefficient (Wildman–Crippen LogP) is 1.66. The first-order valence-electron chi connectivity index (χ1n) is 13.4. The molecule has 2 amide bonds. The van der Waals surface area contributed by atoms with Crippen LogP contribution in [0.3, 0.4) is 0 Å². The molecular formula is C28H35N5O6. The molecule has 2 aromatic carbocycles. The van der Waals surface area contributed by atoms with E-state index in [2.05, 4.69) is 15.8 Å². The van der Waals surface area contributed by atoms with Gasteiger partial charge in [0.15, 0.2) is 0 Å². The van der Waals surface area contributed by atoms with Crippen molar-refractivity contribution in [3.05, 3.63) is 65.7 Å². The zero-order chi connectivity index (χ0) is 27.2. The highest BCUT2D eigenvalue weighted by atomic mass is 16.7. The number of nitrogens with zero attached hydrogens (tertiary/aromatic N) is 3. The highest BCUT2D eigenvalue weighted by Crippen LogP contribution is 2.24. The van der Waals surface area contributed by atoms with Crippen LogP contribution in [-0.2, 0) is 25.7 Å².